The highest BCUT2D eigenvalue weighted by Gasteiger charge is 2.31. The minimum absolute atomic E-state index is 0.214. The van der Waals surface area contributed by atoms with Gasteiger partial charge in [0.1, 0.15) is 0 Å². The van der Waals surface area contributed by atoms with E-state index in [4.69, 9.17) is 0 Å². The van der Waals surface area contributed by atoms with Gasteiger partial charge in [-0.2, -0.15) is 0 Å². The third-order valence-electron chi connectivity index (χ3n) is 7.20. The molecule has 170 valence electrons. The lowest BCUT2D eigenvalue weighted by atomic mass is 9.89. The Labute approximate surface area is 195 Å². The molecule has 0 bridgehead atoms. The first-order valence-corrected chi connectivity index (χ1v) is 12.8. The van der Waals surface area contributed by atoms with Gasteiger partial charge in [-0.25, -0.2) is 4.79 Å². The van der Waals surface area contributed by atoms with E-state index in [2.05, 4.69) is 72.1 Å². The molecule has 5 nitrogen and oxygen atoms in total. The molecule has 5 rings (SSSR count). The zero-order valence-corrected chi connectivity index (χ0v) is 20.3. The molecule has 2 aliphatic rings. The van der Waals surface area contributed by atoms with E-state index >= 15 is 0 Å². The first-order chi connectivity index (χ1) is 15.5. The lowest BCUT2D eigenvalue weighted by Crippen LogP contribution is -2.41. The fourth-order valence-corrected chi connectivity index (χ4v) is 6.01. The van der Waals surface area contributed by atoms with Crippen LogP contribution >= 0.6 is 11.3 Å². The number of piperidine rings is 1. The largest absolute Gasteiger partial charge is 0.322 e. The Balaban J connectivity index is 1.25. The van der Waals surface area contributed by atoms with Gasteiger partial charge in [0.25, 0.3) is 0 Å². The van der Waals surface area contributed by atoms with Gasteiger partial charge in [-0.15, -0.1) is 11.3 Å². The topological polar surface area (TPSA) is 31.7 Å². The molecule has 2 aromatic heterocycles. The second kappa shape index (κ2) is 8.91. The molecule has 0 aliphatic carbocycles. The number of likely N-dealkylation sites (tertiary alicyclic amines) is 1. The highest BCUT2D eigenvalue weighted by Crippen LogP contribution is 2.36. The maximum Gasteiger partial charge on any atom is 0.320 e. The second-order valence-electron chi connectivity index (χ2n) is 9.60. The minimum atomic E-state index is 0.214. The molecular weight excluding hydrogens is 416 g/mol. The Kier molecular flexibility index (Phi) is 5.99. The molecule has 0 spiro atoms. The van der Waals surface area contributed by atoms with Crippen LogP contribution in [-0.4, -0.2) is 70.6 Å². The highest BCUT2D eigenvalue weighted by atomic mass is 32.1. The molecule has 2 amide bonds. The lowest BCUT2D eigenvalue weighted by Gasteiger charge is -2.33. The van der Waals surface area contributed by atoms with Crippen molar-refractivity contribution in [3.63, 3.8) is 0 Å². The molecule has 4 heterocycles. The molecule has 0 atom stereocenters. The van der Waals surface area contributed by atoms with Crippen LogP contribution in [0.4, 0.5) is 4.79 Å². The summed E-state index contributed by atoms with van der Waals surface area (Å²) in [7, 11) is 0. The van der Waals surface area contributed by atoms with Crippen LogP contribution in [0.3, 0.4) is 0 Å². The summed E-state index contributed by atoms with van der Waals surface area (Å²) >= 11 is 1.80. The van der Waals surface area contributed by atoms with Gasteiger partial charge < -0.3 is 19.3 Å². The molecule has 1 aromatic carbocycles. The van der Waals surface area contributed by atoms with Crippen LogP contribution in [0.25, 0.3) is 15.9 Å². The predicted molar refractivity (Wildman–Crippen MR) is 133 cm³/mol. The molecule has 6 heteroatoms. The van der Waals surface area contributed by atoms with Crippen molar-refractivity contribution in [2.24, 2.45) is 0 Å². The Morgan fingerprint density at radius 3 is 2.56 bits per heavy atom. The number of hydrogen-bond donors (Lipinski definition) is 0. The number of carbonyl (C=O) groups is 1. The van der Waals surface area contributed by atoms with Gasteiger partial charge in [0.05, 0.1) is 10.5 Å². The normalized spacial score (nSPS) is 18.6. The third-order valence-corrected chi connectivity index (χ3v) is 8.07. The van der Waals surface area contributed by atoms with Gasteiger partial charge in [-0.3, -0.25) is 0 Å². The number of benzene rings is 1. The van der Waals surface area contributed by atoms with Crippen molar-refractivity contribution in [1.29, 1.82) is 0 Å². The van der Waals surface area contributed by atoms with Crippen molar-refractivity contribution in [2.75, 3.05) is 39.3 Å². The van der Waals surface area contributed by atoms with E-state index in [1.165, 1.54) is 39.9 Å². The zero-order valence-electron chi connectivity index (χ0n) is 19.5. The Morgan fingerprint density at radius 1 is 1.06 bits per heavy atom. The Hall–Kier alpha value is -2.31. The van der Waals surface area contributed by atoms with Gasteiger partial charge in [-0.05, 0) is 87.3 Å². The van der Waals surface area contributed by atoms with Crippen molar-refractivity contribution in [3.8, 4) is 5.00 Å². The maximum atomic E-state index is 12.5. The molecule has 2 aliphatic heterocycles. The van der Waals surface area contributed by atoms with Crippen molar-refractivity contribution >= 4 is 28.3 Å². The summed E-state index contributed by atoms with van der Waals surface area (Å²) in [5.41, 5.74) is 4.13. The number of amides is 2. The number of aryl methyl sites for hydroxylation is 1. The van der Waals surface area contributed by atoms with Crippen LogP contribution in [0.15, 0.2) is 41.9 Å². The number of urea groups is 1. The van der Waals surface area contributed by atoms with Gasteiger partial charge >= 0.3 is 6.03 Å². The number of rotatable bonds is 6. The van der Waals surface area contributed by atoms with E-state index in [0.29, 0.717) is 12.0 Å². The van der Waals surface area contributed by atoms with E-state index in [1.54, 1.807) is 11.3 Å². The molecule has 2 saturated heterocycles. The molecule has 0 saturated carbocycles. The maximum absolute atomic E-state index is 12.5. The van der Waals surface area contributed by atoms with E-state index in [1.807, 2.05) is 9.80 Å². The minimum Gasteiger partial charge on any atom is -0.322 e. The molecular formula is C26H34N4OS. The quantitative estimate of drug-likeness (QED) is 0.509. The number of fused-ring (bicyclic) bond motifs is 1. The van der Waals surface area contributed by atoms with E-state index in [9.17, 15) is 4.79 Å². The fourth-order valence-electron chi connectivity index (χ4n) is 5.30. The summed E-state index contributed by atoms with van der Waals surface area (Å²) in [5, 5.41) is 4.84. The van der Waals surface area contributed by atoms with Crippen LogP contribution in [0.1, 0.15) is 43.7 Å². The van der Waals surface area contributed by atoms with Gasteiger partial charge in [0.2, 0.25) is 0 Å². The van der Waals surface area contributed by atoms with E-state index < -0.39 is 0 Å². The lowest BCUT2D eigenvalue weighted by molar-refractivity contribution is 0.166. The third kappa shape index (κ3) is 4.06. The average Bonchev–Trinajstić information content (AvgIpc) is 3.51. The Bertz CT molecular complexity index is 1080. The zero-order chi connectivity index (χ0) is 22.2. The molecule has 0 unspecified atom stereocenters. The van der Waals surface area contributed by atoms with Gasteiger partial charge in [-0.1, -0.05) is 12.1 Å². The van der Waals surface area contributed by atoms with Crippen LogP contribution in [0.5, 0.6) is 0 Å². The van der Waals surface area contributed by atoms with Crippen molar-refractivity contribution in [1.82, 2.24) is 19.3 Å². The summed E-state index contributed by atoms with van der Waals surface area (Å²) in [6.45, 7) is 12.2. The van der Waals surface area contributed by atoms with Crippen LogP contribution < -0.4 is 0 Å². The summed E-state index contributed by atoms with van der Waals surface area (Å²) < 4.78 is 2.38. The monoisotopic (exact) mass is 450 g/mol. The molecule has 0 radical (unpaired) electrons. The van der Waals surface area contributed by atoms with Gasteiger partial charge in [0.15, 0.2) is 0 Å². The molecule has 0 N–H and O–H groups in total. The summed E-state index contributed by atoms with van der Waals surface area (Å²) in [6, 6.07) is 11.7. The number of carbonyl (C=O) groups excluding carboxylic acids is 1. The molecule has 3 aromatic rings. The van der Waals surface area contributed by atoms with Gasteiger partial charge in [0, 0.05) is 43.8 Å². The predicted octanol–water partition coefficient (Wildman–Crippen LogP) is 5.33. The fraction of sp³-hybridized carbons (Fsp3) is 0.500. The SMILES string of the molecule is Cc1ccc2c(C3CCN(CCN4CCN(C(C)C)C4=O)CC3)cn(-c3cccs3)c2c1. The van der Waals surface area contributed by atoms with Crippen LogP contribution in [-0.2, 0) is 0 Å². The molecule has 32 heavy (non-hydrogen) atoms. The number of thiophene rings is 1. The average molecular weight is 451 g/mol. The molecule has 2 fully saturated rings. The summed E-state index contributed by atoms with van der Waals surface area (Å²) in [5.74, 6) is 0.600. The van der Waals surface area contributed by atoms with E-state index in [-0.39, 0.29) is 6.03 Å². The van der Waals surface area contributed by atoms with Crippen molar-refractivity contribution in [3.05, 3.63) is 53.0 Å². The van der Waals surface area contributed by atoms with Crippen molar-refractivity contribution in [2.45, 2.75) is 45.6 Å². The second-order valence-corrected chi connectivity index (χ2v) is 10.5. The van der Waals surface area contributed by atoms with E-state index in [0.717, 1.165) is 39.3 Å². The first kappa shape index (κ1) is 21.5. The van der Waals surface area contributed by atoms with Crippen molar-refractivity contribution < 1.29 is 4.79 Å². The van der Waals surface area contributed by atoms with Crippen LogP contribution in [0, 0.1) is 6.92 Å². The Morgan fingerprint density at radius 2 is 1.88 bits per heavy atom. The standard InChI is InChI=1S/C26H34N4OS/c1-19(2)29-15-14-28(26(29)31)13-12-27-10-8-21(9-11-27)23-18-30(25-5-4-16-32-25)24-17-20(3)6-7-22(23)24/h4-7,16-19,21H,8-15H2,1-3H3. The van der Waals surface area contributed by atoms with Crippen LogP contribution in [0.2, 0.25) is 0 Å². The number of aromatic nitrogens is 1. The number of nitrogens with zero attached hydrogens (tertiary/aromatic N) is 4. The summed E-state index contributed by atoms with van der Waals surface area (Å²) in [6.07, 6.45) is 4.76. The first-order valence-electron chi connectivity index (χ1n) is 11.9. The summed E-state index contributed by atoms with van der Waals surface area (Å²) in [4.78, 5) is 19.1. The highest BCUT2D eigenvalue weighted by molar-refractivity contribution is 7.12. The number of hydrogen-bond acceptors (Lipinski definition) is 3. The smallest absolute Gasteiger partial charge is 0.320 e.